The highest BCUT2D eigenvalue weighted by atomic mass is 16.3. The number of benzene rings is 10. The van der Waals surface area contributed by atoms with Gasteiger partial charge < -0.3 is 9.32 Å². The van der Waals surface area contributed by atoms with E-state index in [2.05, 4.69) is 229 Å². The third kappa shape index (κ3) is 6.41. The van der Waals surface area contributed by atoms with E-state index in [0.717, 1.165) is 61.6 Å². The van der Waals surface area contributed by atoms with Crippen molar-refractivity contribution in [3.05, 3.63) is 237 Å². The summed E-state index contributed by atoms with van der Waals surface area (Å²) < 4.78 is 6.48. The highest BCUT2D eigenvalue weighted by molar-refractivity contribution is 6.14. The Kier molecular flexibility index (Phi) is 8.87. The van der Waals surface area contributed by atoms with Gasteiger partial charge in [-0.25, -0.2) is 0 Å². The van der Waals surface area contributed by atoms with Crippen LogP contribution in [0.1, 0.15) is 0 Å². The number of fused-ring (bicyclic) bond motifs is 4. The van der Waals surface area contributed by atoms with Crippen LogP contribution in [0, 0.1) is 0 Å². The quantitative estimate of drug-likeness (QED) is 0.143. The molecule has 0 bridgehead atoms. The minimum absolute atomic E-state index is 0.859. The van der Waals surface area contributed by atoms with Crippen LogP contribution >= 0.6 is 0 Å². The van der Waals surface area contributed by atoms with E-state index in [1.54, 1.807) is 0 Å². The number of rotatable bonds is 8. The van der Waals surface area contributed by atoms with Gasteiger partial charge in [-0.3, -0.25) is 0 Å². The molecule has 0 radical (unpaired) electrons. The first-order valence-electron chi connectivity index (χ1n) is 20.5. The van der Waals surface area contributed by atoms with Crippen LogP contribution in [0.5, 0.6) is 0 Å². The zero-order valence-corrected chi connectivity index (χ0v) is 32.9. The van der Waals surface area contributed by atoms with E-state index in [1.807, 2.05) is 12.1 Å². The molecule has 0 atom stereocenters. The maximum atomic E-state index is 6.48. The van der Waals surface area contributed by atoms with Gasteiger partial charge in [0, 0.05) is 27.7 Å². The Bertz CT molecular complexity index is 3260. The van der Waals surface area contributed by atoms with E-state index in [0.29, 0.717) is 0 Å². The Morgan fingerprint density at radius 1 is 0.283 bits per heavy atom. The standard InChI is InChI=1S/C58H39NO/c1-3-15-41(16-4-1)49-21-10-11-22-50(49)43-29-34-48(35-30-43)59(56-38-45-19-7-9-23-51(45)53-24-12-13-25-54(53)56)47-32-27-40(28-33-47)44-31-36-52(42-17-5-2-6-18-42)55(37-44)58-39-46-20-8-14-26-57(46)60-58/h1-39H. The molecule has 2 nitrogen and oxygen atoms in total. The lowest BCUT2D eigenvalue weighted by Crippen LogP contribution is -2.10. The molecule has 10 aromatic carbocycles. The minimum atomic E-state index is 0.859. The van der Waals surface area contributed by atoms with Crippen LogP contribution in [0.4, 0.5) is 17.1 Å². The molecule has 0 aliphatic carbocycles. The number of hydrogen-bond acceptors (Lipinski definition) is 2. The lowest BCUT2D eigenvalue weighted by Gasteiger charge is -2.28. The highest BCUT2D eigenvalue weighted by Gasteiger charge is 2.19. The number of anilines is 3. The van der Waals surface area contributed by atoms with Crippen molar-refractivity contribution in [3.8, 4) is 55.8 Å². The average Bonchev–Trinajstić information content (AvgIpc) is 3.77. The molecule has 282 valence electrons. The second-order valence-corrected chi connectivity index (χ2v) is 15.3. The molecule has 0 spiro atoms. The summed E-state index contributed by atoms with van der Waals surface area (Å²) >= 11 is 0. The summed E-state index contributed by atoms with van der Waals surface area (Å²) in [6.07, 6.45) is 0. The molecule has 1 heterocycles. The van der Waals surface area contributed by atoms with Crippen LogP contribution in [-0.4, -0.2) is 0 Å². The van der Waals surface area contributed by atoms with Gasteiger partial charge in [0.25, 0.3) is 0 Å². The van der Waals surface area contributed by atoms with Crippen molar-refractivity contribution in [2.45, 2.75) is 0 Å². The van der Waals surface area contributed by atoms with Crippen LogP contribution in [0.25, 0.3) is 88.3 Å². The van der Waals surface area contributed by atoms with E-state index in [1.165, 1.54) is 43.8 Å². The van der Waals surface area contributed by atoms with Gasteiger partial charge in [-0.15, -0.1) is 0 Å². The molecule has 0 amide bonds. The largest absolute Gasteiger partial charge is 0.456 e. The molecule has 0 aliphatic heterocycles. The summed E-state index contributed by atoms with van der Waals surface area (Å²) in [5, 5.41) is 5.98. The van der Waals surface area contributed by atoms with Gasteiger partial charge >= 0.3 is 0 Å². The Labute approximate surface area is 349 Å². The van der Waals surface area contributed by atoms with Gasteiger partial charge in [0.2, 0.25) is 0 Å². The van der Waals surface area contributed by atoms with Gasteiger partial charge in [0.1, 0.15) is 11.3 Å². The lowest BCUT2D eigenvalue weighted by atomic mass is 9.93. The van der Waals surface area contributed by atoms with Crippen molar-refractivity contribution in [2.75, 3.05) is 4.90 Å². The molecule has 11 rings (SSSR count). The topological polar surface area (TPSA) is 16.4 Å². The first-order valence-corrected chi connectivity index (χ1v) is 20.5. The smallest absolute Gasteiger partial charge is 0.136 e. The third-order valence-corrected chi connectivity index (χ3v) is 11.7. The summed E-state index contributed by atoms with van der Waals surface area (Å²) in [6.45, 7) is 0. The van der Waals surface area contributed by atoms with Crippen molar-refractivity contribution in [1.82, 2.24) is 0 Å². The minimum Gasteiger partial charge on any atom is -0.456 e. The van der Waals surface area contributed by atoms with Crippen molar-refractivity contribution < 1.29 is 4.42 Å². The van der Waals surface area contributed by atoms with E-state index in [9.17, 15) is 0 Å². The fourth-order valence-corrected chi connectivity index (χ4v) is 8.76. The summed E-state index contributed by atoms with van der Waals surface area (Å²) in [5.74, 6) is 0.859. The molecule has 2 heteroatoms. The molecule has 0 saturated heterocycles. The molecule has 0 N–H and O–H groups in total. The summed E-state index contributed by atoms with van der Waals surface area (Å²) in [6, 6.07) is 84.8. The summed E-state index contributed by atoms with van der Waals surface area (Å²) in [7, 11) is 0. The van der Waals surface area contributed by atoms with Gasteiger partial charge in [-0.1, -0.05) is 188 Å². The fourth-order valence-electron chi connectivity index (χ4n) is 8.76. The molecule has 0 fully saturated rings. The Balaban J connectivity index is 1.04. The molecule has 0 aliphatic rings. The Hall–Kier alpha value is -7.94. The van der Waals surface area contributed by atoms with Crippen LogP contribution in [0.3, 0.4) is 0 Å². The number of para-hydroxylation sites is 1. The van der Waals surface area contributed by atoms with Crippen molar-refractivity contribution in [2.24, 2.45) is 0 Å². The predicted molar refractivity (Wildman–Crippen MR) is 253 cm³/mol. The first-order chi connectivity index (χ1) is 29.7. The Morgan fingerprint density at radius 2 is 0.767 bits per heavy atom. The van der Waals surface area contributed by atoms with Gasteiger partial charge in [0.15, 0.2) is 0 Å². The van der Waals surface area contributed by atoms with Crippen LogP contribution in [0.2, 0.25) is 0 Å². The number of furan rings is 1. The summed E-state index contributed by atoms with van der Waals surface area (Å²) in [4.78, 5) is 2.41. The second kappa shape index (κ2) is 15.1. The van der Waals surface area contributed by atoms with E-state index >= 15 is 0 Å². The molecular formula is C58H39NO. The van der Waals surface area contributed by atoms with Crippen LogP contribution in [0.15, 0.2) is 241 Å². The van der Waals surface area contributed by atoms with Gasteiger partial charge in [-0.2, -0.15) is 0 Å². The van der Waals surface area contributed by atoms with Gasteiger partial charge in [-0.05, 0) is 109 Å². The normalized spacial score (nSPS) is 11.3. The first kappa shape index (κ1) is 35.2. The molecule has 0 saturated carbocycles. The van der Waals surface area contributed by atoms with Gasteiger partial charge in [0.05, 0.1) is 5.69 Å². The van der Waals surface area contributed by atoms with E-state index < -0.39 is 0 Å². The van der Waals surface area contributed by atoms with Crippen molar-refractivity contribution in [1.29, 1.82) is 0 Å². The lowest BCUT2D eigenvalue weighted by molar-refractivity contribution is 0.632. The van der Waals surface area contributed by atoms with Crippen LogP contribution in [-0.2, 0) is 0 Å². The number of nitrogens with zero attached hydrogens (tertiary/aromatic N) is 1. The molecule has 1 aromatic heterocycles. The van der Waals surface area contributed by atoms with Crippen LogP contribution < -0.4 is 4.90 Å². The van der Waals surface area contributed by atoms with E-state index in [4.69, 9.17) is 4.42 Å². The zero-order chi connectivity index (χ0) is 39.8. The maximum absolute atomic E-state index is 6.48. The number of hydrogen-bond donors (Lipinski definition) is 0. The highest BCUT2D eigenvalue weighted by Crippen LogP contribution is 2.44. The second-order valence-electron chi connectivity index (χ2n) is 15.3. The zero-order valence-electron chi connectivity index (χ0n) is 32.9. The predicted octanol–water partition coefficient (Wildman–Crippen LogP) is 16.5. The molecule has 11 aromatic rings. The summed E-state index contributed by atoms with van der Waals surface area (Å²) in [5.41, 5.74) is 14.6. The fraction of sp³-hybridized carbons (Fsp3) is 0. The van der Waals surface area contributed by atoms with Crippen molar-refractivity contribution in [3.63, 3.8) is 0 Å². The SMILES string of the molecule is c1ccc(-c2ccccc2-c2ccc(N(c3ccc(-c4ccc(-c5ccccc5)c(-c5cc6ccccc6o5)c4)cc3)c3cc4ccccc4c4ccccc34)cc2)cc1. The maximum Gasteiger partial charge on any atom is 0.136 e. The van der Waals surface area contributed by atoms with Crippen molar-refractivity contribution >= 4 is 49.6 Å². The molecule has 0 unspecified atom stereocenters. The average molecular weight is 766 g/mol. The third-order valence-electron chi connectivity index (χ3n) is 11.7. The van der Waals surface area contributed by atoms with E-state index in [-0.39, 0.29) is 0 Å². The molecule has 60 heavy (non-hydrogen) atoms. The molecular weight excluding hydrogens is 727 g/mol. The monoisotopic (exact) mass is 765 g/mol. The Morgan fingerprint density at radius 3 is 1.42 bits per heavy atom.